The van der Waals surface area contributed by atoms with Crippen LogP contribution in [-0.4, -0.2) is 17.4 Å². The molecule has 1 aliphatic heterocycles. The van der Waals surface area contributed by atoms with Crippen LogP contribution in [0.1, 0.15) is 34.8 Å². The number of nitrogens with zero attached hydrogens (tertiary/aromatic N) is 1. The Morgan fingerprint density at radius 3 is 2.48 bits per heavy atom. The van der Waals surface area contributed by atoms with Crippen LogP contribution in [0.3, 0.4) is 0 Å². The van der Waals surface area contributed by atoms with Gasteiger partial charge in [0.15, 0.2) is 0 Å². The molecule has 1 heterocycles. The predicted octanol–water partition coefficient (Wildman–Crippen LogP) is 5.19. The number of carbonyl (C=O) groups excluding carboxylic acids is 1. The van der Waals surface area contributed by atoms with Crippen molar-refractivity contribution in [1.82, 2.24) is 4.90 Å². The van der Waals surface area contributed by atoms with Crippen LogP contribution in [0.5, 0.6) is 0 Å². The number of benzene rings is 2. The van der Waals surface area contributed by atoms with Gasteiger partial charge in [0, 0.05) is 21.1 Å². The highest BCUT2D eigenvalue weighted by molar-refractivity contribution is 9.10. The monoisotopic (exact) mass is 407 g/mol. The summed E-state index contributed by atoms with van der Waals surface area (Å²) in [6.07, 6.45) is 2.08. The summed E-state index contributed by atoms with van der Waals surface area (Å²) in [5.74, 6) is 0.110. The minimum Gasteiger partial charge on any atom is -0.332 e. The number of likely N-dealkylation sites (tertiary alicyclic amines) is 1. The van der Waals surface area contributed by atoms with Gasteiger partial charge in [0.05, 0.1) is 6.04 Å². The van der Waals surface area contributed by atoms with Crippen molar-refractivity contribution in [3.8, 4) is 0 Å². The normalized spacial score (nSPS) is 18.0. The van der Waals surface area contributed by atoms with Crippen molar-refractivity contribution in [3.05, 3.63) is 68.6 Å². The molecule has 2 nitrogen and oxygen atoms in total. The molecular formula is C17H15Br2NO. The van der Waals surface area contributed by atoms with E-state index in [4.69, 9.17) is 0 Å². The second-order valence-electron chi connectivity index (χ2n) is 5.22. The van der Waals surface area contributed by atoms with Gasteiger partial charge in [-0.15, -0.1) is 0 Å². The van der Waals surface area contributed by atoms with E-state index in [-0.39, 0.29) is 11.9 Å². The number of hydrogen-bond acceptors (Lipinski definition) is 1. The van der Waals surface area contributed by atoms with E-state index in [1.54, 1.807) is 0 Å². The molecular weight excluding hydrogens is 394 g/mol. The van der Waals surface area contributed by atoms with Crippen molar-refractivity contribution < 1.29 is 4.79 Å². The zero-order valence-electron chi connectivity index (χ0n) is 11.4. The van der Waals surface area contributed by atoms with Crippen molar-refractivity contribution >= 4 is 37.8 Å². The maximum absolute atomic E-state index is 12.8. The standard InChI is InChI=1S/C17H15Br2NO/c18-14-6-1-4-12(10-14)16-8-3-9-20(16)17(21)13-5-2-7-15(19)11-13/h1-2,4-7,10-11,16H,3,8-9H2. The third kappa shape index (κ3) is 3.22. The SMILES string of the molecule is O=C(c1cccc(Br)c1)N1CCCC1c1cccc(Br)c1. The summed E-state index contributed by atoms with van der Waals surface area (Å²) in [4.78, 5) is 14.8. The Bertz CT molecular complexity index is 671. The summed E-state index contributed by atoms with van der Waals surface area (Å²) in [5, 5.41) is 0. The van der Waals surface area contributed by atoms with E-state index in [1.165, 1.54) is 5.56 Å². The van der Waals surface area contributed by atoms with Crippen LogP contribution in [0.25, 0.3) is 0 Å². The molecule has 3 rings (SSSR count). The van der Waals surface area contributed by atoms with Gasteiger partial charge in [0.25, 0.3) is 5.91 Å². The lowest BCUT2D eigenvalue weighted by Gasteiger charge is -2.25. The van der Waals surface area contributed by atoms with Crippen molar-refractivity contribution in [1.29, 1.82) is 0 Å². The first-order valence-corrected chi connectivity index (χ1v) is 8.56. The summed E-state index contributed by atoms with van der Waals surface area (Å²) in [6.45, 7) is 0.822. The molecule has 0 N–H and O–H groups in total. The third-order valence-electron chi connectivity index (χ3n) is 3.82. The van der Waals surface area contributed by atoms with Gasteiger partial charge in [-0.2, -0.15) is 0 Å². The molecule has 1 atom stereocenters. The largest absolute Gasteiger partial charge is 0.332 e. The second kappa shape index (κ2) is 6.32. The Morgan fingerprint density at radius 1 is 1.05 bits per heavy atom. The van der Waals surface area contributed by atoms with Gasteiger partial charge in [-0.05, 0) is 48.7 Å². The fraction of sp³-hybridized carbons (Fsp3) is 0.235. The van der Waals surface area contributed by atoms with Crippen molar-refractivity contribution in [2.24, 2.45) is 0 Å². The van der Waals surface area contributed by atoms with Crippen LogP contribution in [0.4, 0.5) is 0 Å². The minimum absolute atomic E-state index is 0.110. The van der Waals surface area contributed by atoms with E-state index in [0.717, 1.165) is 33.9 Å². The second-order valence-corrected chi connectivity index (χ2v) is 7.05. The summed E-state index contributed by atoms with van der Waals surface area (Å²) in [5.41, 5.74) is 1.94. The fourth-order valence-corrected chi connectivity index (χ4v) is 3.67. The topological polar surface area (TPSA) is 20.3 Å². The third-order valence-corrected chi connectivity index (χ3v) is 4.81. The number of carbonyl (C=O) groups is 1. The van der Waals surface area contributed by atoms with E-state index < -0.39 is 0 Å². The summed E-state index contributed by atoms with van der Waals surface area (Å²) >= 11 is 6.94. The van der Waals surface area contributed by atoms with Crippen LogP contribution in [0.2, 0.25) is 0 Å². The lowest BCUT2D eigenvalue weighted by atomic mass is 10.0. The van der Waals surface area contributed by atoms with Gasteiger partial charge in [0.1, 0.15) is 0 Å². The van der Waals surface area contributed by atoms with Crippen LogP contribution in [0, 0.1) is 0 Å². The molecule has 0 bridgehead atoms. The van der Waals surface area contributed by atoms with Gasteiger partial charge < -0.3 is 4.90 Å². The van der Waals surface area contributed by atoms with Crippen molar-refractivity contribution in [2.75, 3.05) is 6.54 Å². The Morgan fingerprint density at radius 2 is 1.76 bits per heavy atom. The van der Waals surface area contributed by atoms with E-state index >= 15 is 0 Å². The summed E-state index contributed by atoms with van der Waals surface area (Å²) in [6, 6.07) is 16.0. The van der Waals surface area contributed by atoms with Crippen LogP contribution >= 0.6 is 31.9 Å². The number of halogens is 2. The Kier molecular flexibility index (Phi) is 4.45. The molecule has 2 aromatic rings. The van der Waals surface area contributed by atoms with E-state index in [2.05, 4.69) is 44.0 Å². The molecule has 1 amide bonds. The lowest BCUT2D eigenvalue weighted by molar-refractivity contribution is 0.0735. The maximum Gasteiger partial charge on any atom is 0.254 e. The average molecular weight is 409 g/mol. The molecule has 0 radical (unpaired) electrons. The Balaban J connectivity index is 1.89. The molecule has 0 aromatic heterocycles. The zero-order chi connectivity index (χ0) is 14.8. The Labute approximate surface area is 141 Å². The average Bonchev–Trinajstić information content (AvgIpc) is 2.96. The summed E-state index contributed by atoms with van der Waals surface area (Å²) < 4.78 is 1.99. The van der Waals surface area contributed by atoms with E-state index in [1.807, 2.05) is 41.3 Å². The van der Waals surface area contributed by atoms with Crippen molar-refractivity contribution in [2.45, 2.75) is 18.9 Å². The molecule has 4 heteroatoms. The number of rotatable bonds is 2. The fourth-order valence-electron chi connectivity index (χ4n) is 2.86. The molecule has 0 spiro atoms. The van der Waals surface area contributed by atoms with E-state index in [9.17, 15) is 4.79 Å². The van der Waals surface area contributed by atoms with Gasteiger partial charge in [0.2, 0.25) is 0 Å². The van der Waals surface area contributed by atoms with Crippen LogP contribution in [0.15, 0.2) is 57.5 Å². The highest BCUT2D eigenvalue weighted by Crippen LogP contribution is 2.34. The van der Waals surface area contributed by atoms with Crippen LogP contribution < -0.4 is 0 Å². The number of hydrogen-bond donors (Lipinski definition) is 0. The first-order chi connectivity index (χ1) is 10.1. The first kappa shape index (κ1) is 14.8. The molecule has 1 saturated heterocycles. The van der Waals surface area contributed by atoms with Crippen LogP contribution in [-0.2, 0) is 0 Å². The number of amides is 1. The van der Waals surface area contributed by atoms with Gasteiger partial charge >= 0.3 is 0 Å². The molecule has 0 aliphatic carbocycles. The highest BCUT2D eigenvalue weighted by atomic mass is 79.9. The minimum atomic E-state index is 0.110. The smallest absolute Gasteiger partial charge is 0.254 e. The molecule has 21 heavy (non-hydrogen) atoms. The quantitative estimate of drug-likeness (QED) is 0.669. The molecule has 1 aliphatic rings. The Hall–Kier alpha value is -1.13. The zero-order valence-corrected chi connectivity index (χ0v) is 14.6. The predicted molar refractivity (Wildman–Crippen MR) is 91.3 cm³/mol. The maximum atomic E-state index is 12.8. The molecule has 1 fully saturated rings. The van der Waals surface area contributed by atoms with E-state index in [0.29, 0.717) is 0 Å². The molecule has 2 aromatic carbocycles. The van der Waals surface area contributed by atoms with Gasteiger partial charge in [-0.3, -0.25) is 4.79 Å². The van der Waals surface area contributed by atoms with Gasteiger partial charge in [-0.1, -0.05) is 50.1 Å². The van der Waals surface area contributed by atoms with Crippen molar-refractivity contribution in [3.63, 3.8) is 0 Å². The lowest BCUT2D eigenvalue weighted by Crippen LogP contribution is -2.30. The first-order valence-electron chi connectivity index (χ1n) is 6.97. The summed E-state index contributed by atoms with van der Waals surface area (Å²) in [7, 11) is 0. The highest BCUT2D eigenvalue weighted by Gasteiger charge is 2.30. The molecule has 108 valence electrons. The molecule has 0 saturated carbocycles. The molecule has 1 unspecified atom stereocenters. The van der Waals surface area contributed by atoms with Gasteiger partial charge in [-0.25, -0.2) is 0 Å².